The molecular weight excluding hydrogens is 406 g/mol. The third-order valence-corrected chi connectivity index (χ3v) is 6.95. The van der Waals surface area contributed by atoms with E-state index < -0.39 is 9.84 Å². The van der Waals surface area contributed by atoms with Crippen molar-refractivity contribution >= 4 is 21.7 Å². The Morgan fingerprint density at radius 1 is 1.17 bits per heavy atom. The highest BCUT2D eigenvalue weighted by Gasteiger charge is 2.28. The van der Waals surface area contributed by atoms with Crippen LogP contribution in [0.15, 0.2) is 28.8 Å². The van der Waals surface area contributed by atoms with Gasteiger partial charge in [-0.25, -0.2) is 13.4 Å². The Bertz CT molecular complexity index is 1030. The van der Waals surface area contributed by atoms with E-state index in [-0.39, 0.29) is 48.7 Å². The lowest BCUT2D eigenvalue weighted by Crippen LogP contribution is -2.37. The molecule has 1 aliphatic rings. The van der Waals surface area contributed by atoms with Crippen molar-refractivity contribution in [3.05, 3.63) is 41.4 Å². The standard InChI is InChI=1S/C21H27N3O5S/c1-14-3-4-16(11-15(14)2)18-12-23-21(29-18)6-5-19(25)22-9-7-20(26)24-17-8-10-30(27,28)13-17/h3-4,11-12,17H,5-10,13H2,1-2H3,(H,22,25)(H,24,26)/t17-/m0/s1. The summed E-state index contributed by atoms with van der Waals surface area (Å²) in [6, 6.07) is 5.72. The van der Waals surface area contributed by atoms with Crippen LogP contribution >= 0.6 is 0 Å². The molecule has 1 aromatic carbocycles. The Morgan fingerprint density at radius 3 is 2.67 bits per heavy atom. The Morgan fingerprint density at radius 2 is 1.97 bits per heavy atom. The van der Waals surface area contributed by atoms with Crippen molar-refractivity contribution in [1.82, 2.24) is 15.6 Å². The van der Waals surface area contributed by atoms with Crippen LogP contribution in [0.4, 0.5) is 0 Å². The summed E-state index contributed by atoms with van der Waals surface area (Å²) in [5, 5.41) is 5.39. The van der Waals surface area contributed by atoms with Crippen LogP contribution in [-0.4, -0.2) is 49.3 Å². The van der Waals surface area contributed by atoms with Gasteiger partial charge in [0.15, 0.2) is 21.5 Å². The van der Waals surface area contributed by atoms with E-state index in [1.807, 2.05) is 32.0 Å². The van der Waals surface area contributed by atoms with Crippen LogP contribution in [0.5, 0.6) is 0 Å². The summed E-state index contributed by atoms with van der Waals surface area (Å²) in [6.45, 7) is 4.28. The van der Waals surface area contributed by atoms with E-state index >= 15 is 0 Å². The van der Waals surface area contributed by atoms with Gasteiger partial charge in [0, 0.05) is 37.4 Å². The molecule has 2 amide bonds. The van der Waals surface area contributed by atoms with Gasteiger partial charge >= 0.3 is 0 Å². The molecule has 0 unspecified atom stereocenters. The summed E-state index contributed by atoms with van der Waals surface area (Å²) < 4.78 is 28.6. The van der Waals surface area contributed by atoms with E-state index in [9.17, 15) is 18.0 Å². The Hall–Kier alpha value is -2.68. The molecule has 162 valence electrons. The molecule has 9 heteroatoms. The predicted octanol–water partition coefficient (Wildman–Crippen LogP) is 1.70. The van der Waals surface area contributed by atoms with Crippen LogP contribution in [0.25, 0.3) is 11.3 Å². The number of nitrogens with zero attached hydrogens (tertiary/aromatic N) is 1. The molecule has 2 heterocycles. The van der Waals surface area contributed by atoms with Gasteiger partial charge in [-0.15, -0.1) is 0 Å². The molecule has 2 aromatic rings. The number of rotatable bonds is 8. The maximum absolute atomic E-state index is 12.0. The zero-order chi connectivity index (χ0) is 21.7. The summed E-state index contributed by atoms with van der Waals surface area (Å²) in [4.78, 5) is 28.1. The first kappa shape index (κ1) is 22.0. The van der Waals surface area contributed by atoms with E-state index in [2.05, 4.69) is 15.6 Å². The number of carbonyl (C=O) groups excluding carboxylic acids is 2. The zero-order valence-corrected chi connectivity index (χ0v) is 18.0. The highest BCUT2D eigenvalue weighted by atomic mass is 32.2. The normalized spacial score (nSPS) is 17.6. The quantitative estimate of drug-likeness (QED) is 0.654. The van der Waals surface area contributed by atoms with E-state index in [0.29, 0.717) is 24.5 Å². The zero-order valence-electron chi connectivity index (χ0n) is 17.2. The first-order valence-electron chi connectivity index (χ1n) is 10.0. The maximum Gasteiger partial charge on any atom is 0.222 e. The van der Waals surface area contributed by atoms with Crippen molar-refractivity contribution in [2.45, 2.75) is 45.6 Å². The third-order valence-electron chi connectivity index (χ3n) is 5.18. The van der Waals surface area contributed by atoms with E-state index in [1.54, 1.807) is 6.20 Å². The van der Waals surface area contributed by atoms with E-state index in [1.165, 1.54) is 11.1 Å². The predicted molar refractivity (Wildman–Crippen MR) is 113 cm³/mol. The molecule has 1 atom stereocenters. The Labute approximate surface area is 176 Å². The van der Waals surface area contributed by atoms with Crippen LogP contribution < -0.4 is 10.6 Å². The number of hydrogen-bond donors (Lipinski definition) is 2. The van der Waals surface area contributed by atoms with Gasteiger partial charge in [0.1, 0.15) is 0 Å². The van der Waals surface area contributed by atoms with Gasteiger partial charge in [-0.05, 0) is 37.5 Å². The SMILES string of the molecule is Cc1ccc(-c2cnc(CCC(=O)NCCC(=O)N[C@H]3CCS(=O)(=O)C3)o2)cc1C. The molecule has 8 nitrogen and oxygen atoms in total. The van der Waals surface area contributed by atoms with Gasteiger partial charge in [-0.2, -0.15) is 0 Å². The second-order valence-corrected chi connectivity index (χ2v) is 9.91. The minimum Gasteiger partial charge on any atom is -0.441 e. The Kier molecular flexibility index (Phi) is 6.91. The van der Waals surface area contributed by atoms with Crippen LogP contribution in [0.2, 0.25) is 0 Å². The minimum absolute atomic E-state index is 0.00854. The summed E-state index contributed by atoms with van der Waals surface area (Å²) in [7, 11) is -3.03. The molecule has 1 fully saturated rings. The number of carbonyl (C=O) groups is 2. The summed E-state index contributed by atoms with van der Waals surface area (Å²) in [5.41, 5.74) is 3.32. The molecule has 0 saturated carbocycles. The lowest BCUT2D eigenvalue weighted by molar-refractivity contribution is -0.122. The van der Waals surface area contributed by atoms with Gasteiger partial charge in [0.25, 0.3) is 0 Å². The average Bonchev–Trinajstić information content (AvgIpc) is 3.28. The van der Waals surface area contributed by atoms with Crippen LogP contribution in [0, 0.1) is 13.8 Å². The molecule has 3 rings (SSSR count). The molecule has 1 saturated heterocycles. The fraction of sp³-hybridized carbons (Fsp3) is 0.476. The number of hydrogen-bond acceptors (Lipinski definition) is 6. The number of oxazole rings is 1. The molecule has 0 bridgehead atoms. The monoisotopic (exact) mass is 433 g/mol. The minimum atomic E-state index is -3.03. The van der Waals surface area contributed by atoms with Crippen molar-refractivity contribution in [1.29, 1.82) is 0 Å². The topological polar surface area (TPSA) is 118 Å². The number of sulfone groups is 1. The molecule has 30 heavy (non-hydrogen) atoms. The molecule has 1 aliphatic heterocycles. The van der Waals surface area contributed by atoms with E-state index in [4.69, 9.17) is 4.42 Å². The second kappa shape index (κ2) is 9.42. The molecule has 2 N–H and O–H groups in total. The molecule has 0 aliphatic carbocycles. The maximum atomic E-state index is 12.0. The first-order chi connectivity index (χ1) is 14.2. The average molecular weight is 434 g/mol. The van der Waals surface area contributed by atoms with Crippen molar-refractivity contribution in [3.8, 4) is 11.3 Å². The van der Waals surface area contributed by atoms with Crippen LogP contribution in [-0.2, 0) is 25.8 Å². The van der Waals surface area contributed by atoms with Crippen molar-refractivity contribution in [2.24, 2.45) is 0 Å². The molecule has 0 radical (unpaired) electrons. The number of amides is 2. The number of nitrogens with one attached hydrogen (secondary N) is 2. The van der Waals surface area contributed by atoms with Crippen LogP contribution in [0.3, 0.4) is 0 Å². The highest BCUT2D eigenvalue weighted by Crippen LogP contribution is 2.23. The second-order valence-electron chi connectivity index (χ2n) is 7.68. The van der Waals surface area contributed by atoms with Gasteiger partial charge in [0.2, 0.25) is 11.8 Å². The number of aromatic nitrogens is 1. The lowest BCUT2D eigenvalue weighted by Gasteiger charge is -2.11. The van der Waals surface area contributed by atoms with E-state index in [0.717, 1.165) is 5.56 Å². The smallest absolute Gasteiger partial charge is 0.222 e. The molecule has 0 spiro atoms. The third kappa shape index (κ3) is 6.16. The first-order valence-corrected chi connectivity index (χ1v) is 11.8. The lowest BCUT2D eigenvalue weighted by atomic mass is 10.1. The van der Waals surface area contributed by atoms with Gasteiger partial charge in [-0.3, -0.25) is 9.59 Å². The van der Waals surface area contributed by atoms with Gasteiger partial charge in [-0.1, -0.05) is 12.1 Å². The van der Waals surface area contributed by atoms with Crippen molar-refractivity contribution in [3.63, 3.8) is 0 Å². The highest BCUT2D eigenvalue weighted by molar-refractivity contribution is 7.91. The fourth-order valence-corrected chi connectivity index (χ4v) is 4.96. The van der Waals surface area contributed by atoms with Gasteiger partial charge < -0.3 is 15.1 Å². The summed E-state index contributed by atoms with van der Waals surface area (Å²) >= 11 is 0. The summed E-state index contributed by atoms with van der Waals surface area (Å²) in [5.74, 6) is 0.796. The van der Waals surface area contributed by atoms with Crippen LogP contribution in [0.1, 0.15) is 36.3 Å². The van der Waals surface area contributed by atoms with Gasteiger partial charge in [0.05, 0.1) is 17.7 Å². The summed E-state index contributed by atoms with van der Waals surface area (Å²) in [6.07, 6.45) is 2.78. The fourth-order valence-electron chi connectivity index (χ4n) is 3.29. The Balaban J connectivity index is 1.37. The van der Waals surface area contributed by atoms with Crippen molar-refractivity contribution < 1.29 is 22.4 Å². The number of aryl methyl sites for hydroxylation is 3. The van der Waals surface area contributed by atoms with Crippen molar-refractivity contribution in [2.75, 3.05) is 18.1 Å². The molecular formula is C21H27N3O5S. The molecule has 1 aromatic heterocycles. The largest absolute Gasteiger partial charge is 0.441 e. The number of benzene rings is 1.